The van der Waals surface area contributed by atoms with Crippen LogP contribution in [-0.4, -0.2) is 5.60 Å². The van der Waals surface area contributed by atoms with E-state index < -0.39 is 0 Å². The van der Waals surface area contributed by atoms with E-state index in [0.29, 0.717) is 0 Å². The zero-order valence-electron chi connectivity index (χ0n) is 13.1. The van der Waals surface area contributed by atoms with Crippen LogP contribution in [0, 0.1) is 0 Å². The molecule has 0 radical (unpaired) electrons. The molecule has 1 heterocycles. The molecule has 110 valence electrons. The van der Waals surface area contributed by atoms with Crippen LogP contribution in [0.15, 0.2) is 42.5 Å². The number of fused-ring (bicyclic) bond motifs is 1. The molecule has 0 saturated heterocycles. The van der Waals surface area contributed by atoms with E-state index in [9.17, 15) is 0 Å². The average molecular weight is 281 g/mol. The zero-order chi connectivity index (χ0) is 14.9. The highest BCUT2D eigenvalue weighted by Crippen LogP contribution is 2.35. The molecule has 0 saturated carbocycles. The molecule has 0 atom stereocenters. The number of rotatable bonds is 4. The minimum atomic E-state index is -0.0651. The van der Waals surface area contributed by atoms with Crippen LogP contribution in [0.3, 0.4) is 0 Å². The van der Waals surface area contributed by atoms with Gasteiger partial charge in [0.2, 0.25) is 0 Å². The molecule has 2 aromatic rings. The summed E-state index contributed by atoms with van der Waals surface area (Å²) >= 11 is 0. The fourth-order valence-electron chi connectivity index (χ4n) is 2.84. The minimum Gasteiger partial charge on any atom is -0.487 e. The van der Waals surface area contributed by atoms with Gasteiger partial charge >= 0.3 is 0 Å². The fraction of sp³-hybridized carbons (Fsp3) is 0.368. The van der Waals surface area contributed by atoms with Gasteiger partial charge in [-0.05, 0) is 55.2 Å². The molecule has 0 amide bonds. The van der Waals surface area contributed by atoms with Gasteiger partial charge in [-0.2, -0.15) is 0 Å². The molecule has 0 bridgehead atoms. The van der Waals surface area contributed by atoms with Gasteiger partial charge in [-0.1, -0.05) is 31.2 Å². The molecule has 2 heteroatoms. The van der Waals surface area contributed by atoms with E-state index in [4.69, 9.17) is 4.74 Å². The molecular formula is C19H23NO. The van der Waals surface area contributed by atoms with Crippen molar-refractivity contribution in [1.29, 1.82) is 0 Å². The van der Waals surface area contributed by atoms with E-state index >= 15 is 0 Å². The van der Waals surface area contributed by atoms with Gasteiger partial charge < -0.3 is 10.1 Å². The van der Waals surface area contributed by atoms with E-state index in [0.717, 1.165) is 25.1 Å². The Balaban J connectivity index is 1.66. The molecule has 0 fully saturated rings. The molecule has 3 rings (SSSR count). The van der Waals surface area contributed by atoms with Crippen molar-refractivity contribution in [3.05, 3.63) is 59.2 Å². The van der Waals surface area contributed by atoms with E-state index in [1.807, 2.05) is 0 Å². The lowest BCUT2D eigenvalue weighted by molar-refractivity contribution is 0.138. The van der Waals surface area contributed by atoms with E-state index in [1.165, 1.54) is 22.4 Å². The lowest BCUT2D eigenvalue weighted by atomic mass is 10.0. The van der Waals surface area contributed by atoms with Gasteiger partial charge in [0.25, 0.3) is 0 Å². The van der Waals surface area contributed by atoms with E-state index in [-0.39, 0.29) is 5.60 Å². The van der Waals surface area contributed by atoms with Gasteiger partial charge in [-0.25, -0.2) is 0 Å². The number of anilines is 1. The summed E-state index contributed by atoms with van der Waals surface area (Å²) in [5.41, 5.74) is 5.10. The number of benzene rings is 2. The molecule has 1 aliphatic rings. The van der Waals surface area contributed by atoms with Crippen molar-refractivity contribution < 1.29 is 4.74 Å². The quantitative estimate of drug-likeness (QED) is 0.886. The third kappa shape index (κ3) is 3.21. The molecule has 2 nitrogen and oxygen atoms in total. The number of nitrogens with one attached hydrogen (secondary N) is 1. The Labute approximate surface area is 127 Å². The van der Waals surface area contributed by atoms with Crippen LogP contribution >= 0.6 is 0 Å². The first-order valence-corrected chi connectivity index (χ1v) is 7.69. The van der Waals surface area contributed by atoms with Crippen LogP contribution in [0.1, 0.15) is 37.5 Å². The van der Waals surface area contributed by atoms with Gasteiger partial charge in [0.1, 0.15) is 11.4 Å². The molecule has 2 aromatic carbocycles. The fourth-order valence-corrected chi connectivity index (χ4v) is 2.84. The predicted octanol–water partition coefficient (Wildman–Crippen LogP) is 4.57. The van der Waals surface area contributed by atoms with Crippen LogP contribution < -0.4 is 10.1 Å². The van der Waals surface area contributed by atoms with Crippen LogP contribution in [-0.2, 0) is 19.4 Å². The number of hydrogen-bond donors (Lipinski definition) is 1. The third-order valence-electron chi connectivity index (χ3n) is 3.99. The van der Waals surface area contributed by atoms with Gasteiger partial charge in [0, 0.05) is 18.7 Å². The van der Waals surface area contributed by atoms with Crippen LogP contribution in [0.4, 0.5) is 5.69 Å². The first-order chi connectivity index (χ1) is 10.1. The van der Waals surface area contributed by atoms with Gasteiger partial charge in [-0.3, -0.25) is 0 Å². The monoisotopic (exact) mass is 281 g/mol. The largest absolute Gasteiger partial charge is 0.487 e. The molecule has 0 aromatic heterocycles. The molecular weight excluding hydrogens is 258 g/mol. The van der Waals surface area contributed by atoms with Gasteiger partial charge in [0.05, 0.1) is 0 Å². The van der Waals surface area contributed by atoms with Gasteiger partial charge in [0.15, 0.2) is 0 Å². The second kappa shape index (κ2) is 5.44. The summed E-state index contributed by atoms with van der Waals surface area (Å²) in [6.07, 6.45) is 2.07. The topological polar surface area (TPSA) is 21.3 Å². The number of aryl methyl sites for hydroxylation is 1. The summed E-state index contributed by atoms with van der Waals surface area (Å²) in [7, 11) is 0. The van der Waals surface area contributed by atoms with E-state index in [2.05, 4.69) is 68.6 Å². The third-order valence-corrected chi connectivity index (χ3v) is 3.99. The maximum Gasteiger partial charge on any atom is 0.123 e. The normalized spacial score (nSPS) is 15.4. The highest BCUT2D eigenvalue weighted by Gasteiger charge is 2.29. The predicted molar refractivity (Wildman–Crippen MR) is 88.0 cm³/mol. The second-order valence-corrected chi connectivity index (χ2v) is 6.38. The standard InChI is InChI=1S/C19H23NO/c1-4-14-5-8-17(9-6-14)20-13-15-7-10-18-16(11-15)12-19(2,3)21-18/h5-11,20H,4,12-13H2,1-3H3. The summed E-state index contributed by atoms with van der Waals surface area (Å²) in [6, 6.07) is 15.2. The van der Waals surface area contributed by atoms with Crippen molar-refractivity contribution in [3.8, 4) is 5.75 Å². The lowest BCUT2D eigenvalue weighted by Gasteiger charge is -2.16. The SMILES string of the molecule is CCc1ccc(NCc2ccc3c(c2)CC(C)(C)O3)cc1. The summed E-state index contributed by atoms with van der Waals surface area (Å²) in [5.74, 6) is 1.04. The molecule has 1 N–H and O–H groups in total. The van der Waals surface area contributed by atoms with Crippen molar-refractivity contribution in [2.45, 2.75) is 45.8 Å². The zero-order valence-corrected chi connectivity index (χ0v) is 13.1. The molecule has 1 aliphatic heterocycles. The minimum absolute atomic E-state index is 0.0651. The summed E-state index contributed by atoms with van der Waals surface area (Å²) in [6.45, 7) is 7.30. The highest BCUT2D eigenvalue weighted by molar-refractivity contribution is 5.47. The molecule has 0 aliphatic carbocycles. The number of hydrogen-bond acceptors (Lipinski definition) is 2. The van der Waals surface area contributed by atoms with Crippen molar-refractivity contribution in [1.82, 2.24) is 0 Å². The summed E-state index contributed by atoms with van der Waals surface area (Å²) in [4.78, 5) is 0. The Morgan fingerprint density at radius 2 is 1.76 bits per heavy atom. The Morgan fingerprint density at radius 1 is 1.05 bits per heavy atom. The molecule has 0 spiro atoms. The second-order valence-electron chi connectivity index (χ2n) is 6.38. The maximum atomic E-state index is 5.92. The van der Waals surface area contributed by atoms with Crippen LogP contribution in [0.5, 0.6) is 5.75 Å². The molecule has 0 unspecified atom stereocenters. The lowest BCUT2D eigenvalue weighted by Crippen LogP contribution is -2.24. The van der Waals surface area contributed by atoms with Crippen molar-refractivity contribution in [2.75, 3.05) is 5.32 Å². The molecule has 21 heavy (non-hydrogen) atoms. The van der Waals surface area contributed by atoms with Gasteiger partial charge in [-0.15, -0.1) is 0 Å². The maximum absolute atomic E-state index is 5.92. The van der Waals surface area contributed by atoms with Crippen LogP contribution in [0.2, 0.25) is 0 Å². The Morgan fingerprint density at radius 3 is 2.48 bits per heavy atom. The van der Waals surface area contributed by atoms with Crippen molar-refractivity contribution in [2.24, 2.45) is 0 Å². The van der Waals surface area contributed by atoms with Crippen molar-refractivity contribution >= 4 is 5.69 Å². The average Bonchev–Trinajstić information content (AvgIpc) is 2.78. The highest BCUT2D eigenvalue weighted by atomic mass is 16.5. The summed E-state index contributed by atoms with van der Waals surface area (Å²) < 4.78 is 5.92. The Bertz CT molecular complexity index is 629. The summed E-state index contributed by atoms with van der Waals surface area (Å²) in [5, 5.41) is 3.48. The van der Waals surface area contributed by atoms with Crippen molar-refractivity contribution in [3.63, 3.8) is 0 Å². The van der Waals surface area contributed by atoms with Crippen LogP contribution in [0.25, 0.3) is 0 Å². The first-order valence-electron chi connectivity index (χ1n) is 7.69. The smallest absolute Gasteiger partial charge is 0.123 e. The number of ether oxygens (including phenoxy) is 1. The Kier molecular flexibility index (Phi) is 3.62. The first kappa shape index (κ1) is 14.0. The van der Waals surface area contributed by atoms with E-state index in [1.54, 1.807) is 0 Å². The Hall–Kier alpha value is -1.96.